The predicted molar refractivity (Wildman–Crippen MR) is 173 cm³/mol. The Kier molecular flexibility index (Phi) is 31.7. The molecule has 0 saturated heterocycles. The van der Waals surface area contributed by atoms with Gasteiger partial charge in [0.15, 0.2) is 0 Å². The lowest BCUT2D eigenvalue weighted by atomic mass is 9.95. The zero-order chi connectivity index (χ0) is 27.1. The molecule has 0 nitrogen and oxygen atoms in total. The summed E-state index contributed by atoms with van der Waals surface area (Å²) in [7, 11) is 0. The van der Waals surface area contributed by atoms with E-state index in [9.17, 15) is 0 Å². The van der Waals surface area contributed by atoms with Gasteiger partial charge in [0.2, 0.25) is 0 Å². The van der Waals surface area contributed by atoms with Gasteiger partial charge in [-0.05, 0) is 31.6 Å². The quantitative estimate of drug-likeness (QED) is 0.0613. The van der Waals surface area contributed by atoms with Gasteiger partial charge in [0, 0.05) is 0 Å². The van der Waals surface area contributed by atoms with Gasteiger partial charge in [0.1, 0.15) is 0 Å². The summed E-state index contributed by atoms with van der Waals surface area (Å²) in [6.07, 6.45) is 44.6. The Morgan fingerprint density at radius 2 is 0.622 bits per heavy atom. The maximum Gasteiger partial charge on any atom is -0.0323 e. The van der Waals surface area contributed by atoms with E-state index in [1.165, 1.54) is 205 Å². The van der Waals surface area contributed by atoms with Gasteiger partial charge in [-0.1, -0.05) is 206 Å². The van der Waals surface area contributed by atoms with Crippen molar-refractivity contribution in [2.75, 3.05) is 0 Å². The van der Waals surface area contributed by atoms with Gasteiger partial charge in [-0.15, -0.1) is 0 Å². The zero-order valence-corrected chi connectivity index (χ0v) is 26.7. The Morgan fingerprint density at radius 1 is 0.378 bits per heavy atom. The second kappa shape index (κ2) is 32.0. The van der Waals surface area contributed by atoms with E-state index in [2.05, 4.69) is 27.4 Å². The molecule has 222 valence electrons. The molecule has 0 rings (SSSR count). The van der Waals surface area contributed by atoms with Crippen molar-refractivity contribution >= 4 is 0 Å². The highest BCUT2D eigenvalue weighted by molar-refractivity contribution is 4.93. The molecule has 0 amide bonds. The fraction of sp³-hybridized carbons (Fsp3) is 0.946. The van der Waals surface area contributed by atoms with Crippen molar-refractivity contribution in [3.63, 3.8) is 0 Å². The molecule has 0 fully saturated rings. The van der Waals surface area contributed by atoms with Crippen LogP contribution in [0, 0.1) is 5.92 Å². The molecule has 0 aliphatic rings. The van der Waals surface area contributed by atoms with Crippen molar-refractivity contribution < 1.29 is 0 Å². The molecule has 0 N–H and O–H groups in total. The minimum atomic E-state index is 0.948. The van der Waals surface area contributed by atoms with Crippen molar-refractivity contribution in [3.8, 4) is 0 Å². The Hall–Kier alpha value is -0.260. The Labute approximate surface area is 237 Å². The summed E-state index contributed by atoms with van der Waals surface area (Å²) < 4.78 is 0. The maximum atomic E-state index is 4.35. The Balaban J connectivity index is 3.24. The minimum Gasteiger partial charge on any atom is -0.0999 e. The van der Waals surface area contributed by atoms with Gasteiger partial charge in [0.25, 0.3) is 0 Å². The summed E-state index contributed by atoms with van der Waals surface area (Å²) in [4.78, 5) is 0. The first kappa shape index (κ1) is 36.7. The minimum absolute atomic E-state index is 0.948. The highest BCUT2D eigenvalue weighted by Crippen LogP contribution is 2.20. The number of allylic oxidation sites excluding steroid dienone is 1. The monoisotopic (exact) mass is 519 g/mol. The summed E-state index contributed by atoms with van der Waals surface area (Å²) in [5, 5.41) is 0. The fourth-order valence-electron chi connectivity index (χ4n) is 5.86. The predicted octanol–water partition coefficient (Wildman–Crippen LogP) is 14.3. The highest BCUT2D eigenvalue weighted by Gasteiger charge is 2.03. The van der Waals surface area contributed by atoms with Crippen LogP contribution in [-0.2, 0) is 0 Å². The number of rotatable bonds is 32. The fourth-order valence-corrected chi connectivity index (χ4v) is 5.86. The molecule has 0 bridgehead atoms. The molecule has 37 heavy (non-hydrogen) atoms. The zero-order valence-electron chi connectivity index (χ0n) is 26.7. The van der Waals surface area contributed by atoms with Crippen molar-refractivity contribution in [2.45, 2.75) is 220 Å². The molecular formula is C37H74. The standard InChI is InChI=1S/C37H74/c1-5-7-9-11-13-15-16-17-18-19-20-22-25-29-33-37(4)35-31-27-23-26-30-34-36(3)32-28-24-21-14-12-10-8-6-2/h37H,3,5-35H2,1-2,4H3. The average molecular weight is 519 g/mol. The van der Waals surface area contributed by atoms with Crippen molar-refractivity contribution in [2.24, 2.45) is 5.92 Å². The number of hydrogen-bond donors (Lipinski definition) is 0. The first-order valence-electron chi connectivity index (χ1n) is 17.9. The van der Waals surface area contributed by atoms with E-state index in [0.29, 0.717) is 0 Å². The third-order valence-corrected chi connectivity index (χ3v) is 8.66. The van der Waals surface area contributed by atoms with E-state index >= 15 is 0 Å². The Bertz CT molecular complexity index is 422. The van der Waals surface area contributed by atoms with E-state index in [0.717, 1.165) is 5.92 Å². The van der Waals surface area contributed by atoms with Crippen molar-refractivity contribution in [1.29, 1.82) is 0 Å². The van der Waals surface area contributed by atoms with Crippen LogP contribution in [0.4, 0.5) is 0 Å². The van der Waals surface area contributed by atoms with Crippen LogP contribution in [0.2, 0.25) is 0 Å². The van der Waals surface area contributed by atoms with Crippen LogP contribution in [0.15, 0.2) is 12.2 Å². The summed E-state index contributed by atoms with van der Waals surface area (Å²) in [6, 6.07) is 0. The Morgan fingerprint density at radius 3 is 0.919 bits per heavy atom. The lowest BCUT2D eigenvalue weighted by Crippen LogP contribution is -1.95. The summed E-state index contributed by atoms with van der Waals surface area (Å²) in [6.45, 7) is 11.5. The van der Waals surface area contributed by atoms with E-state index in [1.54, 1.807) is 0 Å². The van der Waals surface area contributed by atoms with Gasteiger partial charge < -0.3 is 0 Å². The van der Waals surface area contributed by atoms with Crippen LogP contribution in [0.25, 0.3) is 0 Å². The van der Waals surface area contributed by atoms with Gasteiger partial charge >= 0.3 is 0 Å². The van der Waals surface area contributed by atoms with E-state index in [-0.39, 0.29) is 0 Å². The molecular weight excluding hydrogens is 444 g/mol. The summed E-state index contributed by atoms with van der Waals surface area (Å²) in [5.74, 6) is 0.948. The molecule has 0 aromatic heterocycles. The van der Waals surface area contributed by atoms with Gasteiger partial charge in [-0.3, -0.25) is 0 Å². The lowest BCUT2D eigenvalue weighted by molar-refractivity contribution is 0.430. The van der Waals surface area contributed by atoms with Crippen LogP contribution in [-0.4, -0.2) is 0 Å². The molecule has 1 unspecified atom stereocenters. The molecule has 0 radical (unpaired) electrons. The first-order valence-corrected chi connectivity index (χ1v) is 17.9. The molecule has 0 aliphatic carbocycles. The van der Waals surface area contributed by atoms with Crippen LogP contribution in [0.5, 0.6) is 0 Å². The molecule has 0 saturated carbocycles. The van der Waals surface area contributed by atoms with Crippen LogP contribution in [0.3, 0.4) is 0 Å². The summed E-state index contributed by atoms with van der Waals surface area (Å²) >= 11 is 0. The largest absolute Gasteiger partial charge is 0.0999 e. The van der Waals surface area contributed by atoms with Crippen molar-refractivity contribution in [3.05, 3.63) is 12.2 Å². The molecule has 0 heteroatoms. The first-order chi connectivity index (χ1) is 18.2. The number of hydrogen-bond acceptors (Lipinski definition) is 0. The third-order valence-electron chi connectivity index (χ3n) is 8.66. The smallest absolute Gasteiger partial charge is 0.0323 e. The van der Waals surface area contributed by atoms with Crippen molar-refractivity contribution in [1.82, 2.24) is 0 Å². The summed E-state index contributed by atoms with van der Waals surface area (Å²) in [5.41, 5.74) is 1.52. The molecule has 1 atom stereocenters. The molecule has 0 aromatic rings. The normalized spacial score (nSPS) is 12.3. The van der Waals surface area contributed by atoms with Crippen LogP contribution >= 0.6 is 0 Å². The van der Waals surface area contributed by atoms with Gasteiger partial charge in [-0.25, -0.2) is 0 Å². The molecule has 0 spiro atoms. The average Bonchev–Trinajstić information content (AvgIpc) is 2.89. The highest BCUT2D eigenvalue weighted by atomic mass is 14.1. The third kappa shape index (κ3) is 31.9. The number of unbranched alkanes of at least 4 members (excludes halogenated alkanes) is 24. The molecule has 0 aromatic carbocycles. The van der Waals surface area contributed by atoms with Crippen LogP contribution < -0.4 is 0 Å². The van der Waals surface area contributed by atoms with E-state index in [1.807, 2.05) is 0 Å². The van der Waals surface area contributed by atoms with E-state index in [4.69, 9.17) is 0 Å². The molecule has 0 heterocycles. The maximum absolute atomic E-state index is 4.35. The topological polar surface area (TPSA) is 0 Å². The molecule has 0 aliphatic heterocycles. The van der Waals surface area contributed by atoms with Crippen LogP contribution in [0.1, 0.15) is 220 Å². The van der Waals surface area contributed by atoms with E-state index < -0.39 is 0 Å². The second-order valence-corrected chi connectivity index (χ2v) is 12.8. The second-order valence-electron chi connectivity index (χ2n) is 12.8. The van der Waals surface area contributed by atoms with Gasteiger partial charge in [0.05, 0.1) is 0 Å². The SMILES string of the molecule is C=C(CCCCCCCCCC)CCCCCCCC(C)CCCCCCCCCCCCCCCC. The lowest BCUT2D eigenvalue weighted by Gasteiger charge is -2.11. The van der Waals surface area contributed by atoms with Gasteiger partial charge in [-0.2, -0.15) is 0 Å².